The van der Waals surface area contributed by atoms with Crippen molar-refractivity contribution in [2.75, 3.05) is 5.32 Å². The zero-order valence-electron chi connectivity index (χ0n) is 8.81. The lowest BCUT2D eigenvalue weighted by atomic mass is 10.2. The van der Waals surface area contributed by atoms with E-state index >= 15 is 0 Å². The number of hydrogen-bond acceptors (Lipinski definition) is 4. The van der Waals surface area contributed by atoms with E-state index in [1.54, 1.807) is 30.7 Å². The van der Waals surface area contributed by atoms with E-state index in [1.165, 1.54) is 0 Å². The van der Waals surface area contributed by atoms with E-state index < -0.39 is 0 Å². The summed E-state index contributed by atoms with van der Waals surface area (Å²) in [6.07, 6.45) is 5.12. The fourth-order valence-electron chi connectivity index (χ4n) is 1.36. The van der Waals surface area contributed by atoms with Crippen LogP contribution in [-0.4, -0.2) is 9.97 Å². The largest absolute Gasteiger partial charge is 0.338 e. The molecule has 0 aromatic carbocycles. The molecule has 0 amide bonds. The van der Waals surface area contributed by atoms with E-state index in [-0.39, 0.29) is 0 Å². The summed E-state index contributed by atoms with van der Waals surface area (Å²) in [7, 11) is 0. The Morgan fingerprint density at radius 2 is 2.25 bits per heavy atom. The molecule has 0 aliphatic rings. The van der Waals surface area contributed by atoms with Gasteiger partial charge < -0.3 is 5.32 Å². The van der Waals surface area contributed by atoms with Crippen molar-refractivity contribution in [3.63, 3.8) is 0 Å². The van der Waals surface area contributed by atoms with Crippen LogP contribution in [0.5, 0.6) is 0 Å². The van der Waals surface area contributed by atoms with Gasteiger partial charge in [0.05, 0.1) is 17.4 Å². The SMILES string of the molecule is Cc1cncc(Nc2ncccc2C#N)c1. The van der Waals surface area contributed by atoms with Gasteiger partial charge in [-0.05, 0) is 30.7 Å². The summed E-state index contributed by atoms with van der Waals surface area (Å²) in [5.41, 5.74) is 2.40. The van der Waals surface area contributed by atoms with Gasteiger partial charge in [-0.15, -0.1) is 0 Å². The highest BCUT2D eigenvalue weighted by Crippen LogP contribution is 2.17. The van der Waals surface area contributed by atoms with Crippen LogP contribution in [0.4, 0.5) is 11.5 Å². The zero-order valence-corrected chi connectivity index (χ0v) is 8.81. The molecule has 1 N–H and O–H groups in total. The van der Waals surface area contributed by atoms with E-state index in [9.17, 15) is 0 Å². The van der Waals surface area contributed by atoms with Crippen molar-refractivity contribution in [1.29, 1.82) is 5.26 Å². The van der Waals surface area contributed by atoms with Crippen molar-refractivity contribution in [2.45, 2.75) is 6.92 Å². The Morgan fingerprint density at radius 3 is 3.00 bits per heavy atom. The molecule has 16 heavy (non-hydrogen) atoms. The highest BCUT2D eigenvalue weighted by Gasteiger charge is 2.02. The first kappa shape index (κ1) is 10.1. The maximum atomic E-state index is 8.91. The van der Waals surface area contributed by atoms with Crippen molar-refractivity contribution in [2.24, 2.45) is 0 Å². The first-order valence-corrected chi connectivity index (χ1v) is 4.83. The third-order valence-corrected chi connectivity index (χ3v) is 2.07. The van der Waals surface area contributed by atoms with Crippen molar-refractivity contribution < 1.29 is 0 Å². The quantitative estimate of drug-likeness (QED) is 0.826. The summed E-state index contributed by atoms with van der Waals surface area (Å²) in [6, 6.07) is 7.49. The van der Waals surface area contributed by atoms with Crippen LogP contribution in [0.2, 0.25) is 0 Å². The predicted octanol–water partition coefficient (Wildman–Crippen LogP) is 2.40. The van der Waals surface area contributed by atoms with E-state index in [0.717, 1.165) is 11.3 Å². The lowest BCUT2D eigenvalue weighted by molar-refractivity contribution is 1.24. The number of nitrogens with zero attached hydrogens (tertiary/aromatic N) is 3. The van der Waals surface area contributed by atoms with Crippen LogP contribution in [0.25, 0.3) is 0 Å². The van der Waals surface area contributed by atoms with Gasteiger partial charge in [0.1, 0.15) is 11.9 Å². The fraction of sp³-hybridized carbons (Fsp3) is 0.0833. The molecule has 2 aromatic rings. The van der Waals surface area contributed by atoms with Crippen LogP contribution in [0.3, 0.4) is 0 Å². The highest BCUT2D eigenvalue weighted by atomic mass is 15.0. The van der Waals surface area contributed by atoms with Crippen LogP contribution >= 0.6 is 0 Å². The Bertz CT molecular complexity index is 543. The van der Waals surface area contributed by atoms with E-state index in [1.807, 2.05) is 13.0 Å². The molecule has 78 valence electrons. The number of anilines is 2. The molecule has 4 nitrogen and oxygen atoms in total. The van der Waals surface area contributed by atoms with Gasteiger partial charge in [-0.3, -0.25) is 4.98 Å². The zero-order chi connectivity index (χ0) is 11.4. The molecule has 0 unspecified atom stereocenters. The Labute approximate surface area is 93.6 Å². The van der Waals surface area contributed by atoms with Crippen molar-refractivity contribution in [3.8, 4) is 6.07 Å². The standard InChI is InChI=1S/C12H10N4/c1-9-5-11(8-14-7-9)16-12-10(6-13)3-2-4-15-12/h2-5,7-8H,1H3,(H,15,16). The van der Waals surface area contributed by atoms with Gasteiger partial charge >= 0.3 is 0 Å². The van der Waals surface area contributed by atoms with Crippen molar-refractivity contribution in [1.82, 2.24) is 9.97 Å². The molecule has 0 aliphatic carbocycles. The molecule has 2 heterocycles. The maximum absolute atomic E-state index is 8.91. The first-order chi connectivity index (χ1) is 7.79. The number of nitriles is 1. The van der Waals surface area contributed by atoms with Gasteiger partial charge in [0.15, 0.2) is 0 Å². The highest BCUT2D eigenvalue weighted by molar-refractivity contribution is 5.61. The van der Waals surface area contributed by atoms with Crippen LogP contribution in [0, 0.1) is 18.3 Å². The summed E-state index contributed by atoms with van der Waals surface area (Å²) in [5.74, 6) is 0.553. The fourth-order valence-corrected chi connectivity index (χ4v) is 1.36. The monoisotopic (exact) mass is 210 g/mol. The van der Waals surface area contributed by atoms with Gasteiger partial charge in [0, 0.05) is 12.4 Å². The molecule has 0 spiro atoms. The van der Waals surface area contributed by atoms with Gasteiger partial charge in [-0.2, -0.15) is 5.26 Å². The van der Waals surface area contributed by atoms with E-state index in [2.05, 4.69) is 21.4 Å². The molecule has 0 saturated heterocycles. The Balaban J connectivity index is 2.31. The van der Waals surface area contributed by atoms with Gasteiger partial charge in [-0.1, -0.05) is 0 Å². The van der Waals surface area contributed by atoms with E-state index in [0.29, 0.717) is 11.4 Å². The van der Waals surface area contributed by atoms with Crippen LogP contribution in [0.1, 0.15) is 11.1 Å². The Hall–Kier alpha value is -2.41. The summed E-state index contributed by atoms with van der Waals surface area (Å²) < 4.78 is 0. The first-order valence-electron chi connectivity index (χ1n) is 4.83. The van der Waals surface area contributed by atoms with E-state index in [4.69, 9.17) is 5.26 Å². The number of pyridine rings is 2. The minimum Gasteiger partial charge on any atom is -0.338 e. The molecule has 4 heteroatoms. The predicted molar refractivity (Wildman–Crippen MR) is 61.2 cm³/mol. The van der Waals surface area contributed by atoms with Crippen LogP contribution < -0.4 is 5.32 Å². The summed E-state index contributed by atoms with van der Waals surface area (Å²) in [4.78, 5) is 8.18. The minimum atomic E-state index is 0.518. The molecule has 0 saturated carbocycles. The molecule has 0 atom stereocenters. The second kappa shape index (κ2) is 4.41. The van der Waals surface area contributed by atoms with Crippen LogP contribution in [0.15, 0.2) is 36.8 Å². The molecule has 0 radical (unpaired) electrons. The van der Waals surface area contributed by atoms with Crippen molar-refractivity contribution >= 4 is 11.5 Å². The second-order valence-corrected chi connectivity index (χ2v) is 3.39. The molecule has 0 aliphatic heterocycles. The summed E-state index contributed by atoms with van der Waals surface area (Å²) in [5, 5.41) is 12.0. The average Bonchev–Trinajstić information content (AvgIpc) is 2.30. The van der Waals surface area contributed by atoms with Crippen molar-refractivity contribution in [3.05, 3.63) is 47.9 Å². The second-order valence-electron chi connectivity index (χ2n) is 3.39. The Kier molecular flexibility index (Phi) is 2.79. The maximum Gasteiger partial charge on any atom is 0.148 e. The lowest BCUT2D eigenvalue weighted by Crippen LogP contribution is -1.97. The summed E-state index contributed by atoms with van der Waals surface area (Å²) >= 11 is 0. The number of hydrogen-bond donors (Lipinski definition) is 1. The normalized spacial score (nSPS) is 9.50. The lowest BCUT2D eigenvalue weighted by Gasteiger charge is -2.06. The molecule has 2 aromatic heterocycles. The third-order valence-electron chi connectivity index (χ3n) is 2.07. The average molecular weight is 210 g/mol. The number of aryl methyl sites for hydroxylation is 1. The topological polar surface area (TPSA) is 61.6 Å². The molecule has 0 fully saturated rings. The van der Waals surface area contributed by atoms with Crippen LogP contribution in [-0.2, 0) is 0 Å². The number of nitrogens with one attached hydrogen (secondary N) is 1. The number of aromatic nitrogens is 2. The Morgan fingerprint density at radius 1 is 1.38 bits per heavy atom. The van der Waals surface area contributed by atoms with Gasteiger partial charge in [-0.25, -0.2) is 4.98 Å². The smallest absolute Gasteiger partial charge is 0.148 e. The third kappa shape index (κ3) is 2.15. The summed E-state index contributed by atoms with van der Waals surface area (Å²) in [6.45, 7) is 1.96. The van der Waals surface area contributed by atoms with Gasteiger partial charge in [0.2, 0.25) is 0 Å². The molecular weight excluding hydrogens is 200 g/mol. The molecular formula is C12H10N4. The number of rotatable bonds is 2. The minimum absolute atomic E-state index is 0.518. The van der Waals surface area contributed by atoms with Gasteiger partial charge in [0.25, 0.3) is 0 Å². The molecule has 2 rings (SSSR count). The molecule has 0 bridgehead atoms.